The van der Waals surface area contributed by atoms with E-state index in [0.717, 1.165) is 12.2 Å². The molecule has 3 N–H and O–H groups in total. The van der Waals surface area contributed by atoms with Gasteiger partial charge in [0.25, 0.3) is 0 Å². The van der Waals surface area contributed by atoms with Crippen LogP contribution < -0.4 is 10.5 Å². The van der Waals surface area contributed by atoms with Crippen LogP contribution in [0.1, 0.15) is 32.3 Å². The quantitative estimate of drug-likeness (QED) is 0.763. The van der Waals surface area contributed by atoms with Gasteiger partial charge in [0.2, 0.25) is 0 Å². The molecule has 96 valence electrons. The van der Waals surface area contributed by atoms with E-state index < -0.39 is 5.54 Å². The minimum Gasteiger partial charge on any atom is -0.492 e. The average Bonchev–Trinajstić information content (AvgIpc) is 2.35. The summed E-state index contributed by atoms with van der Waals surface area (Å²) >= 11 is 0. The van der Waals surface area contributed by atoms with E-state index >= 15 is 0 Å². The summed E-state index contributed by atoms with van der Waals surface area (Å²) in [6.45, 7) is 4.19. The van der Waals surface area contributed by atoms with E-state index in [9.17, 15) is 0 Å². The summed E-state index contributed by atoms with van der Waals surface area (Å²) in [5, 5.41) is 9.01. The van der Waals surface area contributed by atoms with Gasteiger partial charge in [0, 0.05) is 0 Å². The minimum atomic E-state index is -0.680. The highest BCUT2D eigenvalue weighted by Crippen LogP contribution is 2.15. The van der Waals surface area contributed by atoms with Gasteiger partial charge in [-0.1, -0.05) is 25.5 Å². The van der Waals surface area contributed by atoms with Gasteiger partial charge in [0.1, 0.15) is 12.4 Å². The Morgan fingerprint density at radius 1 is 1.29 bits per heavy atom. The van der Waals surface area contributed by atoms with Crippen LogP contribution in [0.3, 0.4) is 0 Å². The molecule has 0 amide bonds. The molecule has 0 fully saturated rings. The van der Waals surface area contributed by atoms with Crippen LogP contribution in [0, 0.1) is 0 Å². The van der Waals surface area contributed by atoms with E-state index in [1.807, 2.05) is 12.1 Å². The van der Waals surface area contributed by atoms with Gasteiger partial charge in [-0.05, 0) is 37.5 Å². The van der Waals surface area contributed by atoms with Gasteiger partial charge in [-0.3, -0.25) is 0 Å². The summed E-state index contributed by atoms with van der Waals surface area (Å²) in [4.78, 5) is 0. The van der Waals surface area contributed by atoms with Crippen molar-refractivity contribution in [2.24, 2.45) is 5.73 Å². The Morgan fingerprint density at radius 2 is 1.94 bits per heavy atom. The highest BCUT2D eigenvalue weighted by molar-refractivity contribution is 5.27. The smallest absolute Gasteiger partial charge is 0.119 e. The van der Waals surface area contributed by atoms with Crippen LogP contribution in [0.4, 0.5) is 0 Å². The Morgan fingerprint density at radius 3 is 2.47 bits per heavy atom. The minimum absolute atomic E-state index is 0.0818. The van der Waals surface area contributed by atoms with Gasteiger partial charge in [-0.15, -0.1) is 0 Å². The van der Waals surface area contributed by atoms with Gasteiger partial charge < -0.3 is 15.6 Å². The molecular weight excluding hydrogens is 214 g/mol. The zero-order chi connectivity index (χ0) is 12.7. The summed E-state index contributed by atoms with van der Waals surface area (Å²) in [6, 6.07) is 8.08. The molecule has 0 radical (unpaired) electrons. The van der Waals surface area contributed by atoms with Crippen molar-refractivity contribution in [3.8, 4) is 5.75 Å². The molecule has 0 aliphatic rings. The Kier molecular flexibility index (Phi) is 5.45. The number of aliphatic hydroxyl groups is 1. The van der Waals surface area contributed by atoms with Crippen molar-refractivity contribution in [2.75, 3.05) is 13.2 Å². The molecule has 0 heterocycles. The molecule has 0 aliphatic heterocycles. The molecule has 0 bridgehead atoms. The third-order valence-corrected chi connectivity index (χ3v) is 2.67. The SMILES string of the molecule is CCCCc1ccc(OCC(C)(N)CO)cc1. The van der Waals surface area contributed by atoms with Gasteiger partial charge in [0.05, 0.1) is 12.1 Å². The highest BCUT2D eigenvalue weighted by Gasteiger charge is 2.17. The number of hydrogen-bond acceptors (Lipinski definition) is 3. The fourth-order valence-electron chi connectivity index (χ4n) is 1.43. The van der Waals surface area contributed by atoms with Crippen molar-refractivity contribution in [1.82, 2.24) is 0 Å². The van der Waals surface area contributed by atoms with Crippen molar-refractivity contribution in [3.05, 3.63) is 29.8 Å². The van der Waals surface area contributed by atoms with Crippen molar-refractivity contribution in [2.45, 2.75) is 38.6 Å². The van der Waals surface area contributed by atoms with E-state index in [1.54, 1.807) is 6.92 Å². The monoisotopic (exact) mass is 237 g/mol. The summed E-state index contributed by atoms with van der Waals surface area (Å²) in [5.74, 6) is 0.801. The summed E-state index contributed by atoms with van der Waals surface area (Å²) in [7, 11) is 0. The Labute approximate surface area is 104 Å². The van der Waals surface area contributed by atoms with Crippen molar-refractivity contribution >= 4 is 0 Å². The van der Waals surface area contributed by atoms with Crippen LogP contribution in [0.5, 0.6) is 5.75 Å². The molecule has 1 rings (SSSR count). The second-order valence-corrected chi connectivity index (χ2v) is 4.85. The normalized spacial score (nSPS) is 14.4. The lowest BCUT2D eigenvalue weighted by Crippen LogP contribution is -2.45. The van der Waals surface area contributed by atoms with Crippen molar-refractivity contribution in [3.63, 3.8) is 0 Å². The third-order valence-electron chi connectivity index (χ3n) is 2.67. The molecule has 1 aromatic carbocycles. The Balaban J connectivity index is 2.45. The molecule has 1 atom stereocenters. The van der Waals surface area contributed by atoms with Crippen LogP contribution >= 0.6 is 0 Å². The van der Waals surface area contributed by atoms with Crippen molar-refractivity contribution in [1.29, 1.82) is 0 Å². The van der Waals surface area contributed by atoms with Gasteiger partial charge >= 0.3 is 0 Å². The fraction of sp³-hybridized carbons (Fsp3) is 0.571. The second kappa shape index (κ2) is 6.62. The Bertz CT molecular complexity index is 319. The number of ether oxygens (including phenoxy) is 1. The molecular formula is C14H23NO2. The topological polar surface area (TPSA) is 55.5 Å². The van der Waals surface area contributed by atoms with E-state index in [1.165, 1.54) is 18.4 Å². The van der Waals surface area contributed by atoms with Crippen LogP contribution in [0.2, 0.25) is 0 Å². The molecule has 0 aliphatic carbocycles. The molecule has 0 saturated heterocycles. The van der Waals surface area contributed by atoms with E-state index in [2.05, 4.69) is 19.1 Å². The number of unbranched alkanes of at least 4 members (excludes halogenated alkanes) is 1. The fourth-order valence-corrected chi connectivity index (χ4v) is 1.43. The number of nitrogens with two attached hydrogens (primary N) is 1. The molecule has 3 heteroatoms. The first kappa shape index (κ1) is 14.0. The van der Waals surface area contributed by atoms with E-state index in [-0.39, 0.29) is 6.61 Å². The molecule has 0 aromatic heterocycles. The van der Waals surface area contributed by atoms with E-state index in [0.29, 0.717) is 6.61 Å². The van der Waals surface area contributed by atoms with Crippen LogP contribution in [-0.2, 0) is 6.42 Å². The summed E-state index contributed by atoms with van der Waals surface area (Å²) < 4.78 is 5.54. The van der Waals surface area contributed by atoms with Gasteiger partial charge in [-0.25, -0.2) is 0 Å². The third kappa shape index (κ3) is 5.20. The maximum atomic E-state index is 9.01. The highest BCUT2D eigenvalue weighted by atomic mass is 16.5. The Hall–Kier alpha value is -1.06. The van der Waals surface area contributed by atoms with Gasteiger partial charge in [-0.2, -0.15) is 0 Å². The predicted octanol–water partition coefficient (Wildman–Crippen LogP) is 2.12. The number of rotatable bonds is 7. The number of aryl methyl sites for hydroxylation is 1. The first-order valence-corrected chi connectivity index (χ1v) is 6.19. The average molecular weight is 237 g/mol. The number of benzene rings is 1. The molecule has 3 nitrogen and oxygen atoms in total. The molecule has 1 aromatic rings. The lowest BCUT2D eigenvalue weighted by Gasteiger charge is -2.21. The number of aliphatic hydroxyl groups excluding tert-OH is 1. The zero-order valence-electron chi connectivity index (χ0n) is 10.8. The van der Waals surface area contributed by atoms with E-state index in [4.69, 9.17) is 15.6 Å². The lowest BCUT2D eigenvalue weighted by molar-refractivity contribution is 0.146. The van der Waals surface area contributed by atoms with Gasteiger partial charge in [0.15, 0.2) is 0 Å². The molecule has 0 saturated carbocycles. The molecule has 0 spiro atoms. The first-order chi connectivity index (χ1) is 8.07. The standard InChI is InChI=1S/C14H23NO2/c1-3-4-5-12-6-8-13(9-7-12)17-11-14(2,15)10-16/h6-9,16H,3-5,10-11,15H2,1-2H3. The van der Waals surface area contributed by atoms with Crippen LogP contribution in [-0.4, -0.2) is 23.9 Å². The second-order valence-electron chi connectivity index (χ2n) is 4.85. The largest absolute Gasteiger partial charge is 0.492 e. The van der Waals surface area contributed by atoms with Crippen LogP contribution in [0.25, 0.3) is 0 Å². The number of hydrogen-bond donors (Lipinski definition) is 2. The van der Waals surface area contributed by atoms with Crippen LogP contribution in [0.15, 0.2) is 24.3 Å². The first-order valence-electron chi connectivity index (χ1n) is 6.19. The maximum absolute atomic E-state index is 9.01. The van der Waals surface area contributed by atoms with Crippen molar-refractivity contribution < 1.29 is 9.84 Å². The molecule has 1 unspecified atom stereocenters. The summed E-state index contributed by atoms with van der Waals surface area (Å²) in [6.07, 6.45) is 3.54. The lowest BCUT2D eigenvalue weighted by atomic mass is 10.1. The zero-order valence-corrected chi connectivity index (χ0v) is 10.8. The molecule has 17 heavy (non-hydrogen) atoms. The predicted molar refractivity (Wildman–Crippen MR) is 70.2 cm³/mol. The summed E-state index contributed by atoms with van der Waals surface area (Å²) in [5.41, 5.74) is 6.44. The maximum Gasteiger partial charge on any atom is 0.119 e.